The lowest BCUT2D eigenvalue weighted by Gasteiger charge is -2.33. The number of amides is 3. The normalized spacial score (nSPS) is 22.1. The van der Waals surface area contributed by atoms with Crippen LogP contribution < -0.4 is 16.0 Å². The Hall–Kier alpha value is -1.73. The maximum absolute atomic E-state index is 12.5. The first-order valence-electron chi connectivity index (χ1n) is 12.2. The summed E-state index contributed by atoms with van der Waals surface area (Å²) in [5.41, 5.74) is 1.92. The molecule has 0 saturated carbocycles. The largest absolute Gasteiger partial charge is 0.354 e. The predicted octanol–water partition coefficient (Wildman–Crippen LogP) is 5.51. The van der Waals surface area contributed by atoms with Crippen molar-refractivity contribution in [2.75, 3.05) is 26.2 Å². The maximum atomic E-state index is 12.5. The summed E-state index contributed by atoms with van der Waals surface area (Å²) in [5, 5.41) is 10.1. The highest BCUT2D eigenvalue weighted by molar-refractivity contribution is 6.33. The van der Waals surface area contributed by atoms with E-state index in [4.69, 9.17) is 34.8 Å². The highest BCUT2D eigenvalue weighted by Gasteiger charge is 2.25. The fourth-order valence-electron chi connectivity index (χ4n) is 4.74. The van der Waals surface area contributed by atoms with Crippen molar-refractivity contribution in [1.82, 2.24) is 20.9 Å². The number of nitrogens with zero attached hydrogens (tertiary/aromatic N) is 1. The molecule has 2 aliphatic rings. The van der Waals surface area contributed by atoms with Gasteiger partial charge in [-0.15, -0.1) is 11.6 Å². The summed E-state index contributed by atoms with van der Waals surface area (Å²) >= 11 is 18.6. The Labute approximate surface area is 223 Å². The van der Waals surface area contributed by atoms with Crippen LogP contribution in [0.5, 0.6) is 0 Å². The van der Waals surface area contributed by atoms with Gasteiger partial charge < -0.3 is 20.9 Å². The molecule has 9 heteroatoms. The number of allylic oxidation sites excluding steroid dienone is 4. The molecule has 3 amide bonds. The molecule has 0 aromatic heterocycles. The van der Waals surface area contributed by atoms with Gasteiger partial charge in [-0.3, -0.25) is 4.79 Å². The number of urea groups is 1. The van der Waals surface area contributed by atoms with Crippen molar-refractivity contribution in [2.24, 2.45) is 0 Å². The third-order valence-electron chi connectivity index (χ3n) is 6.47. The van der Waals surface area contributed by atoms with Gasteiger partial charge in [0.25, 0.3) is 0 Å². The number of benzene rings is 1. The molecule has 0 spiro atoms. The number of rotatable bonds is 9. The van der Waals surface area contributed by atoms with E-state index in [1.165, 1.54) is 5.56 Å². The van der Waals surface area contributed by atoms with Gasteiger partial charge in [-0.25, -0.2) is 4.79 Å². The Morgan fingerprint density at radius 2 is 1.83 bits per heavy atom. The fourth-order valence-corrected chi connectivity index (χ4v) is 5.56. The molecular weight excluding hydrogens is 507 g/mol. The predicted molar refractivity (Wildman–Crippen MR) is 144 cm³/mol. The number of nitrogens with one attached hydrogen (secondary N) is 3. The van der Waals surface area contributed by atoms with Gasteiger partial charge in [0.1, 0.15) is 0 Å². The van der Waals surface area contributed by atoms with Crippen LogP contribution >= 0.6 is 34.8 Å². The van der Waals surface area contributed by atoms with E-state index >= 15 is 0 Å². The molecule has 1 heterocycles. The standard InChI is InChI=1S/C26H35Cl3N4O2/c1-18(34)31-23-9-13-33(14-10-23)12-8-20(19-3-5-21(27)6-4-19)7-11-30-25(35)32-24-15-22(28)16-26(2,29)17-24/h3-6,15-16,20,23H,7-14,17H2,1-2H3,(H,31,34)(H2,30,32,35). The molecule has 0 radical (unpaired) electrons. The van der Waals surface area contributed by atoms with Gasteiger partial charge in [-0.1, -0.05) is 35.3 Å². The van der Waals surface area contributed by atoms with Crippen LogP contribution in [0.25, 0.3) is 0 Å². The van der Waals surface area contributed by atoms with E-state index in [-0.39, 0.29) is 23.9 Å². The molecule has 1 aromatic carbocycles. The second-order valence-electron chi connectivity index (χ2n) is 9.68. The number of hydrogen-bond donors (Lipinski definition) is 3. The molecule has 2 atom stereocenters. The van der Waals surface area contributed by atoms with Crippen molar-refractivity contribution in [3.8, 4) is 0 Å². The quantitative estimate of drug-likeness (QED) is 0.361. The molecule has 3 N–H and O–H groups in total. The molecule has 35 heavy (non-hydrogen) atoms. The third-order valence-corrected chi connectivity index (χ3v) is 7.18. The lowest BCUT2D eigenvalue weighted by Crippen LogP contribution is -2.44. The molecule has 0 bridgehead atoms. The first-order chi connectivity index (χ1) is 16.6. The minimum atomic E-state index is -0.606. The van der Waals surface area contributed by atoms with Crippen LogP contribution in [-0.2, 0) is 4.79 Å². The molecule has 1 aromatic rings. The van der Waals surface area contributed by atoms with E-state index in [0.717, 1.165) is 45.3 Å². The topological polar surface area (TPSA) is 73.5 Å². The Balaban J connectivity index is 1.49. The van der Waals surface area contributed by atoms with E-state index in [0.29, 0.717) is 28.7 Å². The summed E-state index contributed by atoms with van der Waals surface area (Å²) in [7, 11) is 0. The van der Waals surface area contributed by atoms with Crippen LogP contribution in [0.2, 0.25) is 5.02 Å². The molecular formula is C26H35Cl3N4O2. The van der Waals surface area contributed by atoms with Gasteiger partial charge in [-0.05, 0) is 74.9 Å². The van der Waals surface area contributed by atoms with Gasteiger partial charge in [0.15, 0.2) is 0 Å². The second kappa shape index (κ2) is 13.0. The van der Waals surface area contributed by atoms with Crippen LogP contribution in [0.15, 0.2) is 47.1 Å². The van der Waals surface area contributed by atoms with Gasteiger partial charge >= 0.3 is 6.03 Å². The third kappa shape index (κ3) is 9.68. The summed E-state index contributed by atoms with van der Waals surface area (Å²) in [4.78, 5) is 25.6. The molecule has 2 unspecified atom stereocenters. The zero-order valence-electron chi connectivity index (χ0n) is 20.4. The number of likely N-dealkylation sites (tertiary alicyclic amines) is 1. The number of carbonyl (C=O) groups is 2. The summed E-state index contributed by atoms with van der Waals surface area (Å²) in [6.45, 7) is 6.90. The molecule has 1 fully saturated rings. The van der Waals surface area contributed by atoms with Gasteiger partial charge in [0.2, 0.25) is 5.91 Å². The van der Waals surface area contributed by atoms with Gasteiger partial charge in [0, 0.05) is 54.8 Å². The van der Waals surface area contributed by atoms with Crippen molar-refractivity contribution in [3.05, 3.63) is 57.7 Å². The van der Waals surface area contributed by atoms with E-state index in [9.17, 15) is 9.59 Å². The van der Waals surface area contributed by atoms with Crippen molar-refractivity contribution in [1.29, 1.82) is 0 Å². The summed E-state index contributed by atoms with van der Waals surface area (Å²) < 4.78 is 0. The highest BCUT2D eigenvalue weighted by atomic mass is 35.5. The average Bonchev–Trinajstić information content (AvgIpc) is 2.76. The smallest absolute Gasteiger partial charge is 0.318 e. The lowest BCUT2D eigenvalue weighted by molar-refractivity contribution is -0.119. The Bertz CT molecular complexity index is 938. The van der Waals surface area contributed by atoms with Crippen LogP contribution in [-0.4, -0.2) is 53.9 Å². The first-order valence-corrected chi connectivity index (χ1v) is 13.3. The molecule has 3 rings (SSSR count). The van der Waals surface area contributed by atoms with E-state index in [1.807, 2.05) is 19.1 Å². The van der Waals surface area contributed by atoms with Crippen molar-refractivity contribution < 1.29 is 9.59 Å². The van der Waals surface area contributed by atoms with Gasteiger partial charge in [-0.2, -0.15) is 0 Å². The molecule has 6 nitrogen and oxygen atoms in total. The second-order valence-corrected chi connectivity index (χ2v) is 11.4. The summed E-state index contributed by atoms with van der Waals surface area (Å²) in [6.07, 6.45) is 7.75. The highest BCUT2D eigenvalue weighted by Crippen LogP contribution is 2.32. The number of alkyl halides is 1. The minimum Gasteiger partial charge on any atom is -0.354 e. The summed E-state index contributed by atoms with van der Waals surface area (Å²) in [6, 6.07) is 7.99. The van der Waals surface area contributed by atoms with Crippen molar-refractivity contribution >= 4 is 46.7 Å². The van der Waals surface area contributed by atoms with Crippen LogP contribution in [0.3, 0.4) is 0 Å². The van der Waals surface area contributed by atoms with Gasteiger partial charge in [0.05, 0.1) is 4.87 Å². The van der Waals surface area contributed by atoms with Crippen LogP contribution in [0, 0.1) is 0 Å². The molecule has 1 aliphatic heterocycles. The fraction of sp³-hybridized carbons (Fsp3) is 0.538. The van der Waals surface area contributed by atoms with E-state index < -0.39 is 4.87 Å². The molecule has 192 valence electrons. The Morgan fingerprint density at radius 3 is 2.46 bits per heavy atom. The number of halogens is 3. The number of carbonyl (C=O) groups excluding carboxylic acids is 2. The zero-order chi connectivity index (χ0) is 25.4. The monoisotopic (exact) mass is 540 g/mol. The molecule has 1 saturated heterocycles. The lowest BCUT2D eigenvalue weighted by atomic mass is 9.92. The maximum Gasteiger partial charge on any atom is 0.318 e. The van der Waals surface area contributed by atoms with E-state index in [2.05, 4.69) is 33.0 Å². The zero-order valence-corrected chi connectivity index (χ0v) is 22.6. The Morgan fingerprint density at radius 1 is 1.14 bits per heavy atom. The van der Waals surface area contributed by atoms with Crippen molar-refractivity contribution in [2.45, 2.75) is 62.8 Å². The number of piperidine rings is 1. The van der Waals surface area contributed by atoms with E-state index in [1.54, 1.807) is 19.1 Å². The minimum absolute atomic E-state index is 0.0406. The van der Waals surface area contributed by atoms with Crippen molar-refractivity contribution in [3.63, 3.8) is 0 Å². The van der Waals surface area contributed by atoms with Crippen LogP contribution in [0.1, 0.15) is 57.4 Å². The Kier molecular flexibility index (Phi) is 10.3. The first kappa shape index (κ1) is 27.9. The SMILES string of the molecule is CC(=O)NC1CCN(CCC(CCNC(=O)NC2=CC(Cl)=CC(C)(Cl)C2)c2ccc(Cl)cc2)CC1. The summed E-state index contributed by atoms with van der Waals surface area (Å²) in [5.74, 6) is 0.330. The number of hydrogen-bond acceptors (Lipinski definition) is 3. The van der Waals surface area contributed by atoms with Crippen LogP contribution in [0.4, 0.5) is 4.79 Å². The average molecular weight is 542 g/mol. The molecule has 1 aliphatic carbocycles.